The van der Waals surface area contributed by atoms with Crippen molar-refractivity contribution in [3.05, 3.63) is 113 Å². The highest BCUT2D eigenvalue weighted by Crippen LogP contribution is 2.54. The van der Waals surface area contributed by atoms with Crippen LogP contribution < -0.4 is 25.4 Å². The number of unbranched alkanes of at least 4 members (excludes halogenated alkanes) is 2. The summed E-state index contributed by atoms with van der Waals surface area (Å²) in [6.45, 7) is 6.82. The molecule has 2 aliphatic heterocycles. The average Bonchev–Trinajstić information content (AvgIpc) is 3.05. The second kappa shape index (κ2) is 12.7. The van der Waals surface area contributed by atoms with Crippen LogP contribution in [-0.2, 0) is 25.7 Å². The van der Waals surface area contributed by atoms with Crippen molar-refractivity contribution in [2.75, 3.05) is 0 Å². The van der Waals surface area contributed by atoms with Crippen molar-refractivity contribution in [1.29, 1.82) is 0 Å². The summed E-state index contributed by atoms with van der Waals surface area (Å²) >= 11 is 0. The minimum Gasteiger partial charge on any atom is -0.451 e. The number of fused-ring (bicyclic) bond motifs is 2. The van der Waals surface area contributed by atoms with E-state index in [1.807, 2.05) is 0 Å². The minimum absolute atomic E-state index is 0.370. The molecule has 7 rings (SSSR count). The van der Waals surface area contributed by atoms with Crippen molar-refractivity contribution >= 4 is 23.8 Å². The normalized spacial score (nSPS) is 21.8. The van der Waals surface area contributed by atoms with Crippen molar-refractivity contribution in [3.63, 3.8) is 0 Å². The first-order valence-electron chi connectivity index (χ1n) is 17.2. The molecule has 4 aromatic carbocycles. The molecule has 0 saturated heterocycles. The Bertz CT molecular complexity index is 1560. The highest BCUT2D eigenvalue weighted by Gasteiger charge is 2.57. The third-order valence-corrected chi connectivity index (χ3v) is 12.7. The van der Waals surface area contributed by atoms with Crippen LogP contribution in [0.15, 0.2) is 84.9 Å². The van der Waals surface area contributed by atoms with Gasteiger partial charge in [0.1, 0.15) is 11.5 Å². The van der Waals surface area contributed by atoms with E-state index in [0.717, 1.165) is 37.2 Å². The molecule has 0 bridgehead atoms. The van der Waals surface area contributed by atoms with Gasteiger partial charge in [0.25, 0.3) is 5.79 Å². The first kappa shape index (κ1) is 29.6. The molecule has 44 heavy (non-hydrogen) atoms. The molecule has 0 aromatic heterocycles. The molecule has 1 aliphatic carbocycles. The molecule has 2 heterocycles. The van der Waals surface area contributed by atoms with Crippen LogP contribution in [0.5, 0.6) is 11.5 Å². The van der Waals surface area contributed by atoms with Gasteiger partial charge in [-0.25, -0.2) is 0 Å². The second-order valence-corrected chi connectivity index (χ2v) is 15.6. The maximum absolute atomic E-state index is 7.54. The zero-order chi connectivity index (χ0) is 30.1. The van der Waals surface area contributed by atoms with E-state index in [4.69, 9.17) is 9.47 Å². The maximum atomic E-state index is 7.54. The molecule has 3 aliphatic rings. The van der Waals surface area contributed by atoms with Gasteiger partial charge < -0.3 is 9.47 Å². The fourth-order valence-electron chi connectivity index (χ4n) is 8.07. The van der Waals surface area contributed by atoms with Crippen molar-refractivity contribution < 1.29 is 9.47 Å². The Labute approximate surface area is 266 Å². The summed E-state index contributed by atoms with van der Waals surface area (Å²) in [5.74, 6) is 2.34. The molecule has 2 nitrogen and oxygen atoms in total. The quantitative estimate of drug-likeness (QED) is 0.178. The predicted molar refractivity (Wildman–Crippen MR) is 186 cm³/mol. The number of aryl methyl sites for hydroxylation is 3. The number of hydrogen-bond donors (Lipinski definition) is 0. The summed E-state index contributed by atoms with van der Waals surface area (Å²) in [5.41, 5.74) is 6.98. The van der Waals surface area contributed by atoms with Crippen molar-refractivity contribution in [2.24, 2.45) is 11.8 Å². The van der Waals surface area contributed by atoms with Gasteiger partial charge in [-0.1, -0.05) is 112 Å². The molecular formula is C41H47O2P. The molecule has 4 aromatic rings. The fraction of sp³-hybridized carbons (Fsp3) is 0.415. The summed E-state index contributed by atoms with van der Waals surface area (Å²) in [5, 5.41) is 4.11. The molecule has 3 heteroatoms. The Morgan fingerprint density at radius 2 is 1.20 bits per heavy atom. The van der Waals surface area contributed by atoms with Crippen LogP contribution in [0.4, 0.5) is 0 Å². The molecule has 228 valence electrons. The van der Waals surface area contributed by atoms with E-state index in [9.17, 15) is 0 Å². The topological polar surface area (TPSA) is 18.5 Å². The lowest BCUT2D eigenvalue weighted by molar-refractivity contribution is -0.225. The Balaban J connectivity index is 1.36. The van der Waals surface area contributed by atoms with E-state index in [1.165, 1.54) is 88.7 Å². The Morgan fingerprint density at radius 3 is 1.77 bits per heavy atom. The molecule has 3 atom stereocenters. The van der Waals surface area contributed by atoms with Crippen molar-refractivity contribution in [3.8, 4) is 11.5 Å². The van der Waals surface area contributed by atoms with Crippen LogP contribution in [0.25, 0.3) is 0 Å². The van der Waals surface area contributed by atoms with Gasteiger partial charge in [-0.15, -0.1) is 0 Å². The number of benzene rings is 4. The Hall–Kier alpha value is -3.09. The van der Waals surface area contributed by atoms with Gasteiger partial charge in [0.2, 0.25) is 0 Å². The van der Waals surface area contributed by atoms with Crippen LogP contribution in [0, 0.1) is 18.8 Å². The van der Waals surface area contributed by atoms with Gasteiger partial charge in [-0.2, -0.15) is 0 Å². The van der Waals surface area contributed by atoms with E-state index in [2.05, 4.69) is 106 Å². The smallest absolute Gasteiger partial charge is 0.257 e. The number of hydrogen-bond acceptors (Lipinski definition) is 2. The first-order chi connectivity index (χ1) is 21.6. The monoisotopic (exact) mass is 602 g/mol. The Kier molecular flexibility index (Phi) is 8.56. The third-order valence-electron chi connectivity index (χ3n) is 10.2. The summed E-state index contributed by atoms with van der Waals surface area (Å²) < 4.78 is 14.8. The molecule has 1 saturated carbocycles. The molecule has 1 fully saturated rings. The van der Waals surface area contributed by atoms with Crippen LogP contribution in [0.3, 0.4) is 0 Å². The second-order valence-electron chi connectivity index (χ2n) is 13.4. The van der Waals surface area contributed by atoms with E-state index >= 15 is 0 Å². The van der Waals surface area contributed by atoms with Crippen LogP contribution in [0.2, 0.25) is 0 Å². The van der Waals surface area contributed by atoms with Gasteiger partial charge in [0.15, 0.2) is 0 Å². The average molecular weight is 603 g/mol. The standard InChI is InChI=1S/C41H47O2P/c1-4-6-15-30-23-29(3)39-32(24-30)27-34-17-14-18-35-28-33-25-31(16-7-5-2)26-38(40(33)43-41(34,35)42-39)44(36-19-10-8-11-20-36)37-21-12-9-13-22-37/h8-13,19-26,34-35H,4-7,14-18,27-28H2,1-3H3/t34-,35-,41-/m1/s1. The molecule has 0 radical (unpaired) electrons. The van der Waals surface area contributed by atoms with E-state index in [0.29, 0.717) is 11.8 Å². The summed E-state index contributed by atoms with van der Waals surface area (Å²) in [7, 11) is -0.794. The minimum atomic E-state index is -0.794. The highest BCUT2D eigenvalue weighted by atomic mass is 31.1. The summed E-state index contributed by atoms with van der Waals surface area (Å²) in [6, 6.07) is 32.0. The van der Waals surface area contributed by atoms with Gasteiger partial charge >= 0.3 is 0 Å². The van der Waals surface area contributed by atoms with Crippen molar-refractivity contribution in [1.82, 2.24) is 0 Å². The maximum Gasteiger partial charge on any atom is 0.257 e. The predicted octanol–water partition coefficient (Wildman–Crippen LogP) is 9.12. The lowest BCUT2D eigenvalue weighted by Gasteiger charge is -2.54. The van der Waals surface area contributed by atoms with Crippen LogP contribution in [0.1, 0.15) is 86.6 Å². The zero-order valence-electron chi connectivity index (χ0n) is 26.8. The lowest BCUT2D eigenvalue weighted by atomic mass is 9.68. The van der Waals surface area contributed by atoms with Crippen LogP contribution in [-0.4, -0.2) is 5.79 Å². The largest absolute Gasteiger partial charge is 0.451 e. The van der Waals surface area contributed by atoms with E-state index in [1.54, 1.807) is 0 Å². The van der Waals surface area contributed by atoms with E-state index < -0.39 is 13.7 Å². The third kappa shape index (κ3) is 5.49. The highest BCUT2D eigenvalue weighted by molar-refractivity contribution is 7.80. The SMILES string of the molecule is CCCCc1cc(C)c2c(c1)C[C@H]1CCC[C@@H]3Cc4cc(CCCC)cc(P(c5ccccc5)c5ccccc5)c4O[C@]13O2. The van der Waals surface area contributed by atoms with Gasteiger partial charge in [0.05, 0.1) is 0 Å². The summed E-state index contributed by atoms with van der Waals surface area (Å²) in [6.07, 6.45) is 12.8. The zero-order valence-corrected chi connectivity index (χ0v) is 27.7. The first-order valence-corrected chi connectivity index (χ1v) is 18.5. The van der Waals surface area contributed by atoms with Gasteiger partial charge in [-0.05, 0) is 111 Å². The van der Waals surface area contributed by atoms with E-state index in [-0.39, 0.29) is 0 Å². The van der Waals surface area contributed by atoms with Crippen LogP contribution >= 0.6 is 7.92 Å². The molecule has 1 spiro atoms. The molecule has 0 amide bonds. The Morgan fingerprint density at radius 1 is 0.682 bits per heavy atom. The molecular weight excluding hydrogens is 555 g/mol. The molecule has 0 N–H and O–H groups in total. The lowest BCUT2D eigenvalue weighted by Crippen LogP contribution is -2.62. The fourth-order valence-corrected chi connectivity index (χ4v) is 10.6. The van der Waals surface area contributed by atoms with Gasteiger partial charge in [0, 0.05) is 17.1 Å². The van der Waals surface area contributed by atoms with Crippen molar-refractivity contribution in [2.45, 2.75) is 97.2 Å². The van der Waals surface area contributed by atoms with Gasteiger partial charge in [-0.3, -0.25) is 0 Å². The summed E-state index contributed by atoms with van der Waals surface area (Å²) in [4.78, 5) is 0. The number of rotatable bonds is 9. The molecule has 0 unspecified atom stereocenters. The number of ether oxygens (including phenoxy) is 2.